The van der Waals surface area contributed by atoms with Gasteiger partial charge in [0.25, 0.3) is 0 Å². The second-order valence-corrected chi connectivity index (χ2v) is 6.39. The first-order chi connectivity index (χ1) is 10.9. The number of hydrogen-bond acceptors (Lipinski definition) is 3. The monoisotopic (exact) mass is 305 g/mol. The van der Waals surface area contributed by atoms with Crippen LogP contribution in [-0.2, 0) is 0 Å². The third kappa shape index (κ3) is 2.74. The molecular weight excluding hydrogens is 282 g/mol. The molecule has 0 aliphatic rings. The van der Waals surface area contributed by atoms with E-state index in [0.717, 1.165) is 33.7 Å². The van der Waals surface area contributed by atoms with E-state index >= 15 is 0 Å². The van der Waals surface area contributed by atoms with Crippen LogP contribution in [0.5, 0.6) is 0 Å². The van der Waals surface area contributed by atoms with Crippen molar-refractivity contribution >= 4 is 28.0 Å². The highest BCUT2D eigenvalue weighted by Crippen LogP contribution is 2.35. The van der Waals surface area contributed by atoms with E-state index in [0.29, 0.717) is 0 Å². The Morgan fingerprint density at radius 1 is 0.870 bits per heavy atom. The van der Waals surface area contributed by atoms with Gasteiger partial charge in [0.05, 0.1) is 11.2 Å². The van der Waals surface area contributed by atoms with Crippen molar-refractivity contribution in [3.8, 4) is 0 Å². The largest absolute Gasteiger partial charge is 0.398 e. The van der Waals surface area contributed by atoms with Gasteiger partial charge in [-0.1, -0.05) is 12.1 Å². The normalized spacial score (nSPS) is 11.0. The van der Waals surface area contributed by atoms with Gasteiger partial charge in [0.2, 0.25) is 0 Å². The predicted octanol–water partition coefficient (Wildman–Crippen LogP) is 5.10. The van der Waals surface area contributed by atoms with Crippen LogP contribution in [0.3, 0.4) is 0 Å². The van der Waals surface area contributed by atoms with Crippen molar-refractivity contribution in [2.45, 2.75) is 34.6 Å². The first-order valence-corrected chi connectivity index (χ1v) is 7.88. The van der Waals surface area contributed by atoms with Gasteiger partial charge >= 0.3 is 0 Å². The number of nitrogen functional groups attached to an aromatic ring is 1. The zero-order valence-corrected chi connectivity index (χ0v) is 14.4. The lowest BCUT2D eigenvalue weighted by Crippen LogP contribution is -2.01. The average Bonchev–Trinajstić information content (AvgIpc) is 2.48. The second kappa shape index (κ2) is 5.58. The number of nitrogens with zero attached hydrogens (tertiary/aromatic N) is 1. The zero-order chi connectivity index (χ0) is 16.7. The smallest absolute Gasteiger partial charge is 0.0778 e. The van der Waals surface area contributed by atoms with E-state index in [1.807, 2.05) is 13.0 Å². The number of anilines is 3. The van der Waals surface area contributed by atoms with Crippen molar-refractivity contribution in [2.24, 2.45) is 0 Å². The van der Waals surface area contributed by atoms with Crippen LogP contribution in [0.25, 0.3) is 10.9 Å². The molecule has 3 rings (SSSR count). The molecule has 0 fully saturated rings. The van der Waals surface area contributed by atoms with E-state index in [-0.39, 0.29) is 0 Å². The number of rotatable bonds is 2. The fourth-order valence-electron chi connectivity index (χ4n) is 2.95. The van der Waals surface area contributed by atoms with Gasteiger partial charge in [-0.05, 0) is 75.1 Å². The molecule has 3 heteroatoms. The molecule has 0 atom stereocenters. The van der Waals surface area contributed by atoms with Gasteiger partial charge in [-0.25, -0.2) is 0 Å². The van der Waals surface area contributed by atoms with E-state index < -0.39 is 0 Å². The average molecular weight is 305 g/mol. The number of pyridine rings is 1. The number of aryl methyl sites for hydroxylation is 5. The molecule has 0 amide bonds. The molecular formula is C20H23N3. The third-order valence-electron chi connectivity index (χ3n) is 4.42. The minimum atomic E-state index is 0.767. The Bertz CT molecular complexity index is 911. The Hall–Kier alpha value is -2.55. The molecule has 0 aliphatic carbocycles. The van der Waals surface area contributed by atoms with Crippen LogP contribution in [0.2, 0.25) is 0 Å². The van der Waals surface area contributed by atoms with E-state index in [2.05, 4.69) is 57.3 Å². The summed E-state index contributed by atoms with van der Waals surface area (Å²) in [5.41, 5.74) is 16.0. The number of nitrogens with two attached hydrogens (primary N) is 1. The van der Waals surface area contributed by atoms with Crippen LogP contribution < -0.4 is 11.1 Å². The lowest BCUT2D eigenvalue weighted by molar-refractivity contribution is 1.23. The fraction of sp³-hybridized carbons (Fsp3) is 0.250. The van der Waals surface area contributed by atoms with Crippen LogP contribution in [0, 0.1) is 34.6 Å². The fourth-order valence-corrected chi connectivity index (χ4v) is 2.95. The number of benzene rings is 2. The minimum Gasteiger partial charge on any atom is -0.398 e. The van der Waals surface area contributed by atoms with Crippen molar-refractivity contribution in [1.82, 2.24) is 4.98 Å². The van der Waals surface area contributed by atoms with Crippen molar-refractivity contribution < 1.29 is 0 Å². The predicted molar refractivity (Wildman–Crippen MR) is 99.6 cm³/mol. The highest BCUT2D eigenvalue weighted by molar-refractivity contribution is 6.03. The number of aromatic nitrogens is 1. The third-order valence-corrected chi connectivity index (χ3v) is 4.42. The van der Waals surface area contributed by atoms with E-state index in [1.54, 1.807) is 0 Å². The molecule has 0 radical (unpaired) electrons. The summed E-state index contributed by atoms with van der Waals surface area (Å²) in [5, 5.41) is 4.56. The van der Waals surface area contributed by atoms with Gasteiger partial charge in [-0.3, -0.25) is 4.98 Å². The van der Waals surface area contributed by atoms with Crippen molar-refractivity contribution in [1.29, 1.82) is 0 Å². The summed E-state index contributed by atoms with van der Waals surface area (Å²) in [7, 11) is 0. The quantitative estimate of drug-likeness (QED) is 0.647. The molecule has 1 aromatic heterocycles. The maximum absolute atomic E-state index is 6.32. The lowest BCUT2D eigenvalue weighted by atomic mass is 10.0. The Morgan fingerprint density at radius 2 is 1.61 bits per heavy atom. The molecule has 0 spiro atoms. The highest BCUT2D eigenvalue weighted by atomic mass is 14.9. The Balaban J connectivity index is 2.25. The van der Waals surface area contributed by atoms with E-state index in [9.17, 15) is 0 Å². The lowest BCUT2D eigenvalue weighted by Gasteiger charge is -2.17. The van der Waals surface area contributed by atoms with Crippen molar-refractivity contribution in [3.63, 3.8) is 0 Å². The van der Waals surface area contributed by atoms with Crippen LogP contribution in [0.15, 0.2) is 30.3 Å². The summed E-state index contributed by atoms with van der Waals surface area (Å²) in [5.74, 6) is 0. The van der Waals surface area contributed by atoms with Crippen LogP contribution in [-0.4, -0.2) is 4.98 Å². The number of hydrogen-bond donors (Lipinski definition) is 2. The number of nitrogens with one attached hydrogen (secondary N) is 1. The van der Waals surface area contributed by atoms with Gasteiger partial charge in [-0.2, -0.15) is 0 Å². The Morgan fingerprint density at radius 3 is 2.35 bits per heavy atom. The molecule has 0 bridgehead atoms. The maximum Gasteiger partial charge on any atom is 0.0778 e. The molecule has 0 aliphatic heterocycles. The van der Waals surface area contributed by atoms with Gasteiger partial charge in [0.1, 0.15) is 0 Å². The van der Waals surface area contributed by atoms with Gasteiger partial charge in [0.15, 0.2) is 0 Å². The summed E-state index contributed by atoms with van der Waals surface area (Å²) in [6.45, 7) is 10.4. The topological polar surface area (TPSA) is 50.9 Å². The Labute approximate surface area is 137 Å². The Kier molecular flexibility index (Phi) is 3.72. The maximum atomic E-state index is 6.32. The van der Waals surface area contributed by atoms with Gasteiger partial charge in [-0.15, -0.1) is 0 Å². The standard InChI is InChI=1S/C20H23N3/c1-11-6-7-12(2)17(8-11)23-18-10-14(4)22-20-15(5)13(3)9-16(21)19(18)20/h6-10H,21H2,1-5H3,(H,22,23). The van der Waals surface area contributed by atoms with Crippen LogP contribution >= 0.6 is 0 Å². The number of fused-ring (bicyclic) bond motifs is 1. The molecule has 23 heavy (non-hydrogen) atoms. The molecule has 2 aromatic carbocycles. The molecule has 1 heterocycles. The first kappa shape index (κ1) is 15.3. The molecule has 0 saturated heterocycles. The van der Waals surface area contributed by atoms with Gasteiger partial charge < -0.3 is 11.1 Å². The first-order valence-electron chi connectivity index (χ1n) is 7.88. The molecule has 0 saturated carbocycles. The van der Waals surface area contributed by atoms with Crippen LogP contribution in [0.4, 0.5) is 17.1 Å². The van der Waals surface area contributed by atoms with Crippen LogP contribution in [0.1, 0.15) is 27.9 Å². The van der Waals surface area contributed by atoms with E-state index in [1.165, 1.54) is 22.3 Å². The second-order valence-electron chi connectivity index (χ2n) is 6.39. The SMILES string of the molecule is Cc1ccc(C)c(Nc2cc(C)nc3c(C)c(C)cc(N)c23)c1. The molecule has 3 aromatic rings. The van der Waals surface area contributed by atoms with Crippen molar-refractivity contribution in [2.75, 3.05) is 11.1 Å². The zero-order valence-electron chi connectivity index (χ0n) is 14.4. The summed E-state index contributed by atoms with van der Waals surface area (Å²) in [6, 6.07) is 10.5. The summed E-state index contributed by atoms with van der Waals surface area (Å²) >= 11 is 0. The summed E-state index contributed by atoms with van der Waals surface area (Å²) < 4.78 is 0. The molecule has 0 unspecified atom stereocenters. The highest BCUT2D eigenvalue weighted by Gasteiger charge is 2.12. The minimum absolute atomic E-state index is 0.767. The van der Waals surface area contributed by atoms with Crippen molar-refractivity contribution in [3.05, 3.63) is 58.3 Å². The summed E-state index contributed by atoms with van der Waals surface area (Å²) in [6.07, 6.45) is 0. The molecule has 3 N–H and O–H groups in total. The van der Waals surface area contributed by atoms with E-state index in [4.69, 9.17) is 10.7 Å². The summed E-state index contributed by atoms with van der Waals surface area (Å²) in [4.78, 5) is 4.72. The molecule has 3 nitrogen and oxygen atoms in total. The molecule has 118 valence electrons. The van der Waals surface area contributed by atoms with Gasteiger partial charge in [0, 0.05) is 22.5 Å².